The molecule has 0 radical (unpaired) electrons. The summed E-state index contributed by atoms with van der Waals surface area (Å²) in [6.07, 6.45) is 0. The van der Waals surface area contributed by atoms with E-state index in [1.165, 1.54) is 12.1 Å². The normalized spacial score (nSPS) is 12.2. The van der Waals surface area contributed by atoms with E-state index in [4.69, 9.17) is 28.9 Å². The highest BCUT2D eigenvalue weighted by atomic mass is 35.5. The lowest BCUT2D eigenvalue weighted by Crippen LogP contribution is -2.43. The third-order valence-corrected chi connectivity index (χ3v) is 4.45. The number of halogens is 2. The summed E-state index contributed by atoms with van der Waals surface area (Å²) in [6, 6.07) is 12.3. The standard InChI is InChI=1S/C18H21Cl2N3O2/c1-12(23(7-8-24)11-13-5-3-2-4-6-13)18(25)22-17-15(19)9-14(21)10-16(17)20/h2-6,9-10,12,24H,7-8,11,21H2,1H3,(H,22,25). The van der Waals surface area contributed by atoms with Gasteiger partial charge in [-0.1, -0.05) is 53.5 Å². The number of aliphatic hydroxyl groups is 1. The average Bonchev–Trinajstić information content (AvgIpc) is 2.57. The lowest BCUT2D eigenvalue weighted by molar-refractivity contribution is -0.121. The molecule has 0 bridgehead atoms. The number of amides is 1. The summed E-state index contributed by atoms with van der Waals surface area (Å²) in [5, 5.41) is 12.6. The van der Waals surface area contributed by atoms with Crippen LogP contribution in [0, 0.1) is 0 Å². The van der Waals surface area contributed by atoms with Crippen molar-refractivity contribution in [2.24, 2.45) is 0 Å². The molecule has 2 rings (SSSR count). The summed E-state index contributed by atoms with van der Waals surface area (Å²) in [4.78, 5) is 14.5. The molecule has 0 saturated carbocycles. The predicted octanol–water partition coefficient (Wildman–Crippen LogP) is 3.40. The van der Waals surface area contributed by atoms with Crippen LogP contribution in [0.4, 0.5) is 11.4 Å². The summed E-state index contributed by atoms with van der Waals surface area (Å²) >= 11 is 12.2. The van der Waals surface area contributed by atoms with Gasteiger partial charge in [0.25, 0.3) is 0 Å². The minimum atomic E-state index is -0.489. The number of anilines is 2. The maximum absolute atomic E-state index is 12.6. The van der Waals surface area contributed by atoms with E-state index in [2.05, 4.69) is 5.32 Å². The topological polar surface area (TPSA) is 78.6 Å². The fraction of sp³-hybridized carbons (Fsp3) is 0.278. The second kappa shape index (κ2) is 9.06. The SMILES string of the molecule is CC(C(=O)Nc1c(Cl)cc(N)cc1Cl)N(CCO)Cc1ccccc1. The highest BCUT2D eigenvalue weighted by molar-refractivity contribution is 6.40. The van der Waals surface area contributed by atoms with Gasteiger partial charge in [0.1, 0.15) is 0 Å². The minimum absolute atomic E-state index is 0.0478. The van der Waals surface area contributed by atoms with E-state index >= 15 is 0 Å². The van der Waals surface area contributed by atoms with Crippen molar-refractivity contribution >= 4 is 40.5 Å². The Balaban J connectivity index is 2.13. The third kappa shape index (κ3) is 5.34. The Bertz CT molecular complexity index is 703. The number of nitrogen functional groups attached to an aromatic ring is 1. The molecular formula is C18H21Cl2N3O2. The van der Waals surface area contributed by atoms with Crippen LogP contribution < -0.4 is 11.1 Å². The fourth-order valence-corrected chi connectivity index (χ4v) is 3.06. The van der Waals surface area contributed by atoms with Crippen LogP contribution in [0.5, 0.6) is 0 Å². The van der Waals surface area contributed by atoms with Crippen molar-refractivity contribution < 1.29 is 9.90 Å². The molecule has 0 aliphatic rings. The van der Waals surface area contributed by atoms with Gasteiger partial charge in [-0.2, -0.15) is 0 Å². The van der Waals surface area contributed by atoms with Gasteiger partial charge in [0.05, 0.1) is 28.4 Å². The molecule has 5 nitrogen and oxygen atoms in total. The van der Waals surface area contributed by atoms with Crippen LogP contribution in [-0.2, 0) is 11.3 Å². The van der Waals surface area contributed by atoms with Gasteiger partial charge in [0.15, 0.2) is 0 Å². The van der Waals surface area contributed by atoms with E-state index in [0.29, 0.717) is 24.5 Å². The Morgan fingerprint density at radius 1 is 1.24 bits per heavy atom. The van der Waals surface area contributed by atoms with Crippen molar-refractivity contribution in [1.29, 1.82) is 0 Å². The van der Waals surface area contributed by atoms with Gasteiger partial charge < -0.3 is 16.2 Å². The lowest BCUT2D eigenvalue weighted by Gasteiger charge is -2.28. The highest BCUT2D eigenvalue weighted by Crippen LogP contribution is 2.33. The van der Waals surface area contributed by atoms with Gasteiger partial charge >= 0.3 is 0 Å². The van der Waals surface area contributed by atoms with Crippen LogP contribution in [0.15, 0.2) is 42.5 Å². The number of aliphatic hydroxyl groups excluding tert-OH is 1. The Hall–Kier alpha value is -1.79. The van der Waals surface area contributed by atoms with Gasteiger partial charge in [-0.05, 0) is 24.6 Å². The van der Waals surface area contributed by atoms with Crippen molar-refractivity contribution in [2.45, 2.75) is 19.5 Å². The molecule has 0 heterocycles. The molecule has 2 aromatic rings. The van der Waals surface area contributed by atoms with Crippen LogP contribution in [0.25, 0.3) is 0 Å². The summed E-state index contributed by atoms with van der Waals surface area (Å²) in [7, 11) is 0. The van der Waals surface area contributed by atoms with E-state index in [9.17, 15) is 9.90 Å². The lowest BCUT2D eigenvalue weighted by atomic mass is 10.1. The number of carbonyl (C=O) groups is 1. The molecule has 0 saturated heterocycles. The van der Waals surface area contributed by atoms with Gasteiger partial charge in [-0.15, -0.1) is 0 Å². The van der Waals surface area contributed by atoms with Crippen molar-refractivity contribution in [3.05, 3.63) is 58.1 Å². The first kappa shape index (κ1) is 19.5. The molecule has 25 heavy (non-hydrogen) atoms. The third-order valence-electron chi connectivity index (χ3n) is 3.86. The van der Waals surface area contributed by atoms with Crippen LogP contribution >= 0.6 is 23.2 Å². The van der Waals surface area contributed by atoms with Gasteiger partial charge in [0.2, 0.25) is 5.91 Å². The summed E-state index contributed by atoms with van der Waals surface area (Å²) in [5.74, 6) is -0.266. The number of hydrogen-bond acceptors (Lipinski definition) is 4. The van der Waals surface area contributed by atoms with Crippen molar-refractivity contribution in [3.63, 3.8) is 0 Å². The Labute approximate surface area is 157 Å². The van der Waals surface area contributed by atoms with E-state index in [0.717, 1.165) is 5.56 Å². The maximum atomic E-state index is 12.6. The number of hydrogen-bond donors (Lipinski definition) is 3. The first-order valence-electron chi connectivity index (χ1n) is 7.86. The van der Waals surface area contributed by atoms with Crippen molar-refractivity contribution in [1.82, 2.24) is 4.90 Å². The highest BCUT2D eigenvalue weighted by Gasteiger charge is 2.23. The zero-order chi connectivity index (χ0) is 18.4. The minimum Gasteiger partial charge on any atom is -0.399 e. The summed E-state index contributed by atoms with van der Waals surface area (Å²) < 4.78 is 0. The summed E-state index contributed by atoms with van der Waals surface area (Å²) in [6.45, 7) is 2.63. The molecule has 0 fully saturated rings. The zero-order valence-electron chi connectivity index (χ0n) is 13.9. The molecule has 1 amide bonds. The molecule has 1 unspecified atom stereocenters. The van der Waals surface area contributed by atoms with Gasteiger partial charge in [0, 0.05) is 18.8 Å². The monoisotopic (exact) mass is 381 g/mol. The van der Waals surface area contributed by atoms with Crippen LogP contribution in [-0.4, -0.2) is 35.1 Å². The summed E-state index contributed by atoms with van der Waals surface area (Å²) in [5.41, 5.74) is 7.48. The quantitative estimate of drug-likeness (QED) is 0.642. The molecule has 0 aliphatic carbocycles. The second-order valence-electron chi connectivity index (χ2n) is 5.70. The number of nitrogens with zero attached hydrogens (tertiary/aromatic N) is 1. The number of benzene rings is 2. The molecule has 1 atom stereocenters. The van der Waals surface area contributed by atoms with Crippen LogP contribution in [0.3, 0.4) is 0 Å². The van der Waals surface area contributed by atoms with E-state index in [-0.39, 0.29) is 22.6 Å². The number of nitrogens with two attached hydrogens (primary N) is 1. The Morgan fingerprint density at radius 2 is 1.84 bits per heavy atom. The zero-order valence-corrected chi connectivity index (χ0v) is 15.4. The molecule has 134 valence electrons. The number of carbonyl (C=O) groups excluding carboxylic acids is 1. The van der Waals surface area contributed by atoms with E-state index < -0.39 is 6.04 Å². The van der Waals surface area contributed by atoms with E-state index in [1.54, 1.807) is 6.92 Å². The number of nitrogens with one attached hydrogen (secondary N) is 1. The first-order chi connectivity index (χ1) is 11.9. The number of rotatable bonds is 7. The van der Waals surface area contributed by atoms with Crippen LogP contribution in [0.2, 0.25) is 10.0 Å². The second-order valence-corrected chi connectivity index (χ2v) is 6.52. The van der Waals surface area contributed by atoms with Crippen molar-refractivity contribution in [3.8, 4) is 0 Å². The van der Waals surface area contributed by atoms with Crippen molar-refractivity contribution in [2.75, 3.05) is 24.2 Å². The molecule has 7 heteroatoms. The molecule has 4 N–H and O–H groups in total. The molecular weight excluding hydrogens is 361 g/mol. The maximum Gasteiger partial charge on any atom is 0.241 e. The smallest absolute Gasteiger partial charge is 0.241 e. The first-order valence-corrected chi connectivity index (χ1v) is 8.62. The molecule has 0 aromatic heterocycles. The Kier molecular flexibility index (Phi) is 7.08. The fourth-order valence-electron chi connectivity index (χ4n) is 2.46. The van der Waals surface area contributed by atoms with Gasteiger partial charge in [-0.25, -0.2) is 0 Å². The average molecular weight is 382 g/mol. The molecule has 0 aliphatic heterocycles. The van der Waals surface area contributed by atoms with E-state index in [1.807, 2.05) is 35.2 Å². The predicted molar refractivity (Wildman–Crippen MR) is 103 cm³/mol. The largest absolute Gasteiger partial charge is 0.399 e. The van der Waals surface area contributed by atoms with Crippen LogP contribution in [0.1, 0.15) is 12.5 Å². The molecule has 2 aromatic carbocycles. The Morgan fingerprint density at radius 3 is 2.40 bits per heavy atom. The molecule has 0 spiro atoms. The van der Waals surface area contributed by atoms with Gasteiger partial charge in [-0.3, -0.25) is 9.69 Å².